The highest BCUT2D eigenvalue weighted by atomic mass is 35.5. The molecule has 0 amide bonds. The number of carbonyl (C=O) groups is 2. The van der Waals surface area contributed by atoms with Crippen LogP contribution in [0.5, 0.6) is 0 Å². The number of benzene rings is 4. The highest BCUT2D eigenvalue weighted by Crippen LogP contribution is 2.31. The van der Waals surface area contributed by atoms with Crippen LogP contribution in [-0.4, -0.2) is 31.8 Å². The molecule has 0 aliphatic carbocycles. The fourth-order valence-electron chi connectivity index (χ4n) is 4.14. The Kier molecular flexibility index (Phi) is 8.17. The van der Waals surface area contributed by atoms with Crippen molar-refractivity contribution in [3.05, 3.63) is 106 Å². The summed E-state index contributed by atoms with van der Waals surface area (Å²) in [5, 5.41) is 10.9. The summed E-state index contributed by atoms with van der Waals surface area (Å²) < 4.78 is 27.6. The number of fused-ring (bicyclic) bond motifs is 1. The largest absolute Gasteiger partial charge is 0.480 e. The van der Waals surface area contributed by atoms with Gasteiger partial charge in [-0.1, -0.05) is 77.8 Å². The molecule has 4 aromatic rings. The lowest BCUT2D eigenvalue weighted by atomic mass is 9.97. The third-order valence-electron chi connectivity index (χ3n) is 5.87. The minimum atomic E-state index is -4.31. The zero-order valence-corrected chi connectivity index (χ0v) is 21.9. The monoisotopic (exact) mass is 555 g/mol. The summed E-state index contributed by atoms with van der Waals surface area (Å²) in [7, 11) is -4.31. The molecule has 1 N–H and O–H groups in total. The van der Waals surface area contributed by atoms with Gasteiger partial charge < -0.3 is 5.11 Å². The standard InChI is InChI=1S/C28H23Cl2NO5S/c29-21-15-22(30)17-24(16-21)37(35,36)31(18-28(33)34)23-12-13-25-20(14-23)9-5-10-26(25)27(32)11-4-8-19-6-2-1-3-7-19/h1-3,5-7,9-10,12-17H,4,8,11,18H2,(H,33,34). The molecule has 0 radical (unpaired) electrons. The maximum Gasteiger partial charge on any atom is 0.324 e. The molecule has 0 heterocycles. The van der Waals surface area contributed by atoms with Gasteiger partial charge in [0.15, 0.2) is 5.78 Å². The van der Waals surface area contributed by atoms with Crippen molar-refractivity contribution in [2.24, 2.45) is 0 Å². The highest BCUT2D eigenvalue weighted by Gasteiger charge is 2.28. The quantitative estimate of drug-likeness (QED) is 0.221. The Morgan fingerprint density at radius 1 is 0.838 bits per heavy atom. The average molecular weight is 556 g/mol. The molecule has 190 valence electrons. The normalized spacial score (nSPS) is 11.4. The van der Waals surface area contributed by atoms with Gasteiger partial charge in [-0.3, -0.25) is 13.9 Å². The summed E-state index contributed by atoms with van der Waals surface area (Å²) in [6.07, 6.45) is 1.85. The lowest BCUT2D eigenvalue weighted by Gasteiger charge is -2.23. The molecule has 0 aliphatic rings. The Balaban J connectivity index is 1.65. The zero-order chi connectivity index (χ0) is 26.6. The molecule has 0 aromatic heterocycles. The van der Waals surface area contributed by atoms with E-state index in [1.54, 1.807) is 30.3 Å². The number of carboxylic acids is 1. The topological polar surface area (TPSA) is 91.8 Å². The first-order valence-electron chi connectivity index (χ1n) is 11.5. The summed E-state index contributed by atoms with van der Waals surface area (Å²) in [5.74, 6) is -1.35. The predicted octanol–water partition coefficient (Wildman–Crippen LogP) is 6.63. The number of nitrogens with zero attached hydrogens (tertiary/aromatic N) is 1. The molecule has 9 heteroatoms. The van der Waals surface area contributed by atoms with Crippen LogP contribution in [0.4, 0.5) is 5.69 Å². The van der Waals surface area contributed by atoms with Crippen molar-refractivity contribution in [3.8, 4) is 0 Å². The molecule has 0 atom stereocenters. The number of aryl methyl sites for hydroxylation is 1. The van der Waals surface area contributed by atoms with Crippen molar-refractivity contribution < 1.29 is 23.1 Å². The van der Waals surface area contributed by atoms with E-state index in [9.17, 15) is 23.1 Å². The molecular weight excluding hydrogens is 533 g/mol. The minimum absolute atomic E-state index is 0.0159. The predicted molar refractivity (Wildman–Crippen MR) is 146 cm³/mol. The Bertz CT molecular complexity index is 1550. The number of carboxylic acid groups (broad SMARTS) is 1. The Labute approximate surface area is 225 Å². The third-order valence-corrected chi connectivity index (χ3v) is 8.06. The molecule has 0 bridgehead atoms. The number of carbonyl (C=O) groups excluding carboxylic acids is 1. The van der Waals surface area contributed by atoms with Gasteiger partial charge in [-0.25, -0.2) is 8.42 Å². The maximum absolute atomic E-state index is 13.4. The van der Waals surface area contributed by atoms with Gasteiger partial charge in [0.05, 0.1) is 10.6 Å². The SMILES string of the molecule is O=C(O)CN(c1ccc2c(C(=O)CCCc3ccccc3)cccc2c1)S(=O)(=O)c1cc(Cl)cc(Cl)c1. The summed E-state index contributed by atoms with van der Waals surface area (Å²) in [5.41, 5.74) is 1.84. The average Bonchev–Trinajstić information content (AvgIpc) is 2.86. The number of sulfonamides is 1. The maximum atomic E-state index is 13.4. The van der Waals surface area contributed by atoms with E-state index in [1.165, 1.54) is 29.8 Å². The molecular formula is C28H23Cl2NO5S. The van der Waals surface area contributed by atoms with Crippen LogP contribution >= 0.6 is 23.2 Å². The van der Waals surface area contributed by atoms with Gasteiger partial charge in [0.25, 0.3) is 10.0 Å². The number of hydrogen-bond acceptors (Lipinski definition) is 4. The first kappa shape index (κ1) is 26.7. The van der Waals surface area contributed by atoms with Crippen molar-refractivity contribution >= 4 is 61.4 Å². The molecule has 4 aromatic carbocycles. The van der Waals surface area contributed by atoms with E-state index in [4.69, 9.17) is 23.2 Å². The van der Waals surface area contributed by atoms with E-state index in [2.05, 4.69) is 0 Å². The molecule has 6 nitrogen and oxygen atoms in total. The number of rotatable bonds is 10. The number of anilines is 1. The summed E-state index contributed by atoms with van der Waals surface area (Å²) in [4.78, 5) is 24.4. The van der Waals surface area contributed by atoms with E-state index in [1.807, 2.05) is 30.3 Å². The van der Waals surface area contributed by atoms with Crippen LogP contribution in [0.2, 0.25) is 10.0 Å². The molecule has 0 saturated carbocycles. The van der Waals surface area contributed by atoms with Gasteiger partial charge in [0, 0.05) is 22.0 Å². The Morgan fingerprint density at radius 2 is 1.54 bits per heavy atom. The number of ketones is 1. The van der Waals surface area contributed by atoms with Crippen LogP contribution in [-0.2, 0) is 21.2 Å². The fraction of sp³-hybridized carbons (Fsp3) is 0.143. The lowest BCUT2D eigenvalue weighted by Crippen LogP contribution is -2.35. The molecule has 37 heavy (non-hydrogen) atoms. The summed E-state index contributed by atoms with van der Waals surface area (Å²) >= 11 is 12.0. The Hall–Kier alpha value is -3.39. The number of aliphatic carboxylic acids is 1. The first-order valence-corrected chi connectivity index (χ1v) is 13.7. The second-order valence-corrected chi connectivity index (χ2v) is 11.2. The molecule has 0 saturated heterocycles. The van der Waals surface area contributed by atoms with Crippen LogP contribution in [0.3, 0.4) is 0 Å². The van der Waals surface area contributed by atoms with Crippen LogP contribution < -0.4 is 4.31 Å². The van der Waals surface area contributed by atoms with E-state index in [0.717, 1.165) is 10.7 Å². The van der Waals surface area contributed by atoms with Crippen LogP contribution in [0.15, 0.2) is 89.8 Å². The number of Topliss-reactive ketones (excluding diaryl/α,β-unsaturated/α-hetero) is 1. The van der Waals surface area contributed by atoms with Gasteiger partial charge in [0.2, 0.25) is 0 Å². The number of halogens is 2. The smallest absolute Gasteiger partial charge is 0.324 e. The van der Waals surface area contributed by atoms with E-state index in [0.29, 0.717) is 29.2 Å². The van der Waals surface area contributed by atoms with Crippen LogP contribution in [0.1, 0.15) is 28.8 Å². The van der Waals surface area contributed by atoms with Gasteiger partial charge in [-0.05, 0) is 59.5 Å². The minimum Gasteiger partial charge on any atom is -0.480 e. The van der Waals surface area contributed by atoms with Crippen molar-refractivity contribution in [1.29, 1.82) is 0 Å². The van der Waals surface area contributed by atoms with Crippen molar-refractivity contribution in [2.45, 2.75) is 24.2 Å². The fourth-order valence-corrected chi connectivity index (χ4v) is 6.28. The van der Waals surface area contributed by atoms with Crippen LogP contribution in [0.25, 0.3) is 10.8 Å². The Morgan fingerprint density at radius 3 is 2.22 bits per heavy atom. The van der Waals surface area contributed by atoms with E-state index in [-0.39, 0.29) is 26.4 Å². The van der Waals surface area contributed by atoms with E-state index >= 15 is 0 Å². The molecule has 0 spiro atoms. The van der Waals surface area contributed by atoms with Gasteiger partial charge >= 0.3 is 5.97 Å². The lowest BCUT2D eigenvalue weighted by molar-refractivity contribution is -0.135. The zero-order valence-electron chi connectivity index (χ0n) is 19.6. The molecule has 0 aliphatic heterocycles. The van der Waals surface area contributed by atoms with Crippen molar-refractivity contribution in [3.63, 3.8) is 0 Å². The second kappa shape index (κ2) is 11.3. The molecule has 4 rings (SSSR count). The second-order valence-electron chi connectivity index (χ2n) is 8.48. The number of hydrogen-bond donors (Lipinski definition) is 1. The van der Waals surface area contributed by atoms with Crippen LogP contribution in [0, 0.1) is 0 Å². The van der Waals surface area contributed by atoms with Gasteiger partial charge in [-0.2, -0.15) is 0 Å². The van der Waals surface area contributed by atoms with Gasteiger partial charge in [0.1, 0.15) is 6.54 Å². The summed E-state index contributed by atoms with van der Waals surface area (Å²) in [6, 6.07) is 23.7. The third kappa shape index (κ3) is 6.31. The van der Waals surface area contributed by atoms with Gasteiger partial charge in [-0.15, -0.1) is 0 Å². The summed E-state index contributed by atoms with van der Waals surface area (Å²) in [6.45, 7) is -0.809. The van der Waals surface area contributed by atoms with Crippen molar-refractivity contribution in [1.82, 2.24) is 0 Å². The van der Waals surface area contributed by atoms with E-state index < -0.39 is 22.5 Å². The molecule has 0 unspecified atom stereocenters. The molecule has 0 fully saturated rings. The highest BCUT2D eigenvalue weighted by molar-refractivity contribution is 7.92. The first-order chi connectivity index (χ1) is 17.6. The van der Waals surface area contributed by atoms with Crippen molar-refractivity contribution in [2.75, 3.05) is 10.8 Å².